The summed E-state index contributed by atoms with van der Waals surface area (Å²) in [5.74, 6) is 0. The Kier molecular flexibility index (Phi) is 5.13. The summed E-state index contributed by atoms with van der Waals surface area (Å²) in [5.41, 5.74) is 8.12. The Balaban J connectivity index is 1.85. The number of rotatable bonds is 4. The van der Waals surface area contributed by atoms with E-state index in [1.807, 2.05) is 61.7 Å². The minimum absolute atomic E-state index is 0.256. The second kappa shape index (κ2) is 7.47. The molecule has 0 atom stereocenters. The molecular weight excluding hydrogens is 352 g/mol. The third-order valence-corrected chi connectivity index (χ3v) is 4.95. The summed E-state index contributed by atoms with van der Waals surface area (Å²) in [6, 6.07) is 15.5. The molecule has 1 aromatic heterocycles. The van der Waals surface area contributed by atoms with E-state index in [9.17, 15) is 5.26 Å². The van der Waals surface area contributed by atoms with Crippen LogP contribution in [0.25, 0.3) is 11.3 Å². The summed E-state index contributed by atoms with van der Waals surface area (Å²) >= 11 is 7.30. The topological polar surface area (TPSA) is 61.1 Å². The minimum atomic E-state index is 0.256. The van der Waals surface area contributed by atoms with E-state index in [4.69, 9.17) is 11.6 Å². The Morgan fingerprint density at radius 1 is 1.20 bits per heavy atom. The molecule has 0 aliphatic heterocycles. The highest BCUT2D eigenvalue weighted by molar-refractivity contribution is 7.12. The van der Waals surface area contributed by atoms with E-state index in [0.717, 1.165) is 28.1 Å². The lowest BCUT2D eigenvalue weighted by Gasteiger charge is -2.07. The van der Waals surface area contributed by atoms with Gasteiger partial charge in [-0.05, 0) is 43.2 Å². The molecule has 3 rings (SSSR count). The maximum absolute atomic E-state index is 9.43. The van der Waals surface area contributed by atoms with Crippen molar-refractivity contribution in [2.24, 2.45) is 5.10 Å². The summed E-state index contributed by atoms with van der Waals surface area (Å²) in [5, 5.41) is 16.8. The van der Waals surface area contributed by atoms with Crippen LogP contribution in [-0.4, -0.2) is 10.7 Å². The van der Waals surface area contributed by atoms with Gasteiger partial charge in [0.05, 0.1) is 11.4 Å². The van der Waals surface area contributed by atoms with Gasteiger partial charge in [0.25, 0.3) is 0 Å². The zero-order chi connectivity index (χ0) is 17.8. The van der Waals surface area contributed by atoms with E-state index in [2.05, 4.69) is 21.6 Å². The fraction of sp³-hybridized carbons (Fsp3) is 0.105. The van der Waals surface area contributed by atoms with E-state index in [-0.39, 0.29) is 5.71 Å². The predicted molar refractivity (Wildman–Crippen MR) is 104 cm³/mol. The molecule has 1 N–H and O–H groups in total. The lowest BCUT2D eigenvalue weighted by atomic mass is 10.1. The molecule has 0 unspecified atom stereocenters. The maximum atomic E-state index is 9.43. The maximum Gasteiger partial charge on any atom is 0.196 e. The Morgan fingerprint density at radius 3 is 2.68 bits per heavy atom. The van der Waals surface area contributed by atoms with Crippen LogP contribution in [0.1, 0.15) is 16.1 Å². The summed E-state index contributed by atoms with van der Waals surface area (Å²) in [7, 11) is 0. The molecule has 0 amide bonds. The van der Waals surface area contributed by atoms with Gasteiger partial charge in [0.15, 0.2) is 10.7 Å². The lowest BCUT2D eigenvalue weighted by Crippen LogP contribution is -2.02. The van der Waals surface area contributed by atoms with Crippen LogP contribution in [0.2, 0.25) is 5.02 Å². The van der Waals surface area contributed by atoms with Crippen LogP contribution in [0.15, 0.2) is 52.9 Å². The van der Waals surface area contributed by atoms with Crippen LogP contribution in [0.4, 0.5) is 5.69 Å². The number of nitriles is 1. The molecule has 25 heavy (non-hydrogen) atoms. The van der Waals surface area contributed by atoms with Gasteiger partial charge in [-0.1, -0.05) is 35.9 Å². The molecule has 0 radical (unpaired) electrons. The van der Waals surface area contributed by atoms with Crippen LogP contribution >= 0.6 is 22.9 Å². The molecule has 0 bridgehead atoms. The number of halogens is 1. The van der Waals surface area contributed by atoms with Crippen molar-refractivity contribution in [3.8, 4) is 17.3 Å². The molecule has 0 saturated heterocycles. The summed E-state index contributed by atoms with van der Waals surface area (Å²) in [4.78, 5) is 4.52. The van der Waals surface area contributed by atoms with Crippen molar-refractivity contribution in [1.29, 1.82) is 5.26 Å². The second-order valence-corrected chi connectivity index (χ2v) is 6.77. The van der Waals surface area contributed by atoms with Crippen molar-refractivity contribution >= 4 is 34.3 Å². The van der Waals surface area contributed by atoms with Crippen LogP contribution in [0.3, 0.4) is 0 Å². The molecule has 4 nitrogen and oxygen atoms in total. The van der Waals surface area contributed by atoms with Gasteiger partial charge in [0, 0.05) is 16.0 Å². The first-order valence-corrected chi connectivity index (χ1v) is 8.86. The molecule has 0 fully saturated rings. The molecule has 2 aromatic carbocycles. The van der Waals surface area contributed by atoms with Gasteiger partial charge in [-0.3, -0.25) is 5.43 Å². The third kappa shape index (κ3) is 3.87. The first-order valence-electron chi connectivity index (χ1n) is 7.60. The van der Waals surface area contributed by atoms with Crippen LogP contribution in [-0.2, 0) is 0 Å². The van der Waals surface area contributed by atoms with Crippen molar-refractivity contribution in [3.05, 3.63) is 69.0 Å². The summed E-state index contributed by atoms with van der Waals surface area (Å²) in [6.45, 7) is 4.05. The van der Waals surface area contributed by atoms with Gasteiger partial charge in [-0.15, -0.1) is 11.3 Å². The highest BCUT2D eigenvalue weighted by Crippen LogP contribution is 2.24. The van der Waals surface area contributed by atoms with E-state index in [1.165, 1.54) is 11.3 Å². The van der Waals surface area contributed by atoms with E-state index in [0.29, 0.717) is 10.0 Å². The molecule has 0 spiro atoms. The highest BCUT2D eigenvalue weighted by Gasteiger charge is 2.11. The predicted octanol–water partition coefficient (Wildman–Crippen LogP) is 5.42. The van der Waals surface area contributed by atoms with Crippen molar-refractivity contribution in [3.63, 3.8) is 0 Å². The Labute approximate surface area is 155 Å². The van der Waals surface area contributed by atoms with Gasteiger partial charge in [-0.25, -0.2) is 4.98 Å². The number of aryl methyl sites for hydroxylation is 1. The zero-order valence-corrected chi connectivity index (χ0v) is 15.3. The Morgan fingerprint density at radius 2 is 1.96 bits per heavy atom. The molecule has 6 heteroatoms. The lowest BCUT2D eigenvalue weighted by molar-refractivity contribution is 1.26. The number of anilines is 1. The average Bonchev–Trinajstić information content (AvgIpc) is 3.09. The van der Waals surface area contributed by atoms with E-state index < -0.39 is 0 Å². The van der Waals surface area contributed by atoms with Crippen molar-refractivity contribution in [2.45, 2.75) is 13.8 Å². The van der Waals surface area contributed by atoms with Gasteiger partial charge in [0.2, 0.25) is 0 Å². The smallest absolute Gasteiger partial charge is 0.196 e. The fourth-order valence-electron chi connectivity index (χ4n) is 2.24. The second-order valence-electron chi connectivity index (χ2n) is 5.48. The molecule has 1 heterocycles. The fourth-order valence-corrected chi connectivity index (χ4v) is 3.14. The number of thiazole rings is 1. The number of hydrogen-bond acceptors (Lipinski definition) is 5. The molecular formula is C19H15ClN4S. The Bertz CT molecular complexity index is 968. The highest BCUT2D eigenvalue weighted by atomic mass is 35.5. The largest absolute Gasteiger partial charge is 0.277 e. The number of hydrazone groups is 1. The van der Waals surface area contributed by atoms with Gasteiger partial charge in [-0.2, -0.15) is 10.4 Å². The number of benzene rings is 2. The number of aromatic nitrogens is 1. The van der Waals surface area contributed by atoms with Gasteiger partial charge in [0.1, 0.15) is 6.07 Å². The molecule has 0 aliphatic carbocycles. The summed E-state index contributed by atoms with van der Waals surface area (Å²) in [6.07, 6.45) is 0. The first kappa shape index (κ1) is 17.2. The molecule has 0 saturated carbocycles. The normalized spacial score (nSPS) is 11.2. The SMILES string of the molecule is Cc1cccc(N/N=C(\C#N)c2nc(-c3ccc(Cl)cc3)cs2)c1C. The quantitative estimate of drug-likeness (QED) is 0.495. The number of nitrogens with zero attached hydrogens (tertiary/aromatic N) is 3. The molecule has 3 aromatic rings. The number of nitrogens with one attached hydrogen (secondary N) is 1. The van der Waals surface area contributed by atoms with Crippen molar-refractivity contribution in [1.82, 2.24) is 4.98 Å². The molecule has 0 aliphatic rings. The summed E-state index contributed by atoms with van der Waals surface area (Å²) < 4.78 is 0. The van der Waals surface area contributed by atoms with Crippen molar-refractivity contribution in [2.75, 3.05) is 5.43 Å². The Hall–Kier alpha value is -2.68. The van der Waals surface area contributed by atoms with Gasteiger partial charge < -0.3 is 0 Å². The third-order valence-electron chi connectivity index (χ3n) is 3.85. The van der Waals surface area contributed by atoms with E-state index in [1.54, 1.807) is 0 Å². The zero-order valence-electron chi connectivity index (χ0n) is 13.7. The van der Waals surface area contributed by atoms with Crippen LogP contribution in [0, 0.1) is 25.2 Å². The molecule has 124 valence electrons. The van der Waals surface area contributed by atoms with Crippen molar-refractivity contribution < 1.29 is 0 Å². The average molecular weight is 367 g/mol. The van der Waals surface area contributed by atoms with Crippen LogP contribution < -0.4 is 5.43 Å². The van der Waals surface area contributed by atoms with Crippen LogP contribution in [0.5, 0.6) is 0 Å². The minimum Gasteiger partial charge on any atom is -0.277 e. The van der Waals surface area contributed by atoms with E-state index >= 15 is 0 Å². The number of hydrogen-bond donors (Lipinski definition) is 1. The van der Waals surface area contributed by atoms with Gasteiger partial charge >= 0.3 is 0 Å². The first-order chi connectivity index (χ1) is 12.1. The standard InChI is InChI=1S/C19H15ClN4S/c1-12-4-3-5-16(13(12)2)23-24-17(10-21)19-22-18(11-25-19)14-6-8-15(20)9-7-14/h3-9,11,23H,1-2H3/b24-17+. The monoisotopic (exact) mass is 366 g/mol.